The number of hydrogen-bond donors (Lipinski definition) is 0. The molecule has 1 aromatic rings. The van der Waals surface area contributed by atoms with Gasteiger partial charge in [-0.15, -0.1) is 0 Å². The molecule has 7 nitrogen and oxygen atoms in total. The maximum absolute atomic E-state index is 10.8. The van der Waals surface area contributed by atoms with Crippen molar-refractivity contribution >= 4 is 43.4 Å². The standard InChI is InChI=1S/C9H9BrO2.C6H15O3P.C5H11O2P/c10-6-9(11)12-7-8-4-2-1-3-5-8;1-4-7-10(8-5-2)9-6-3;1-5(6)4-8(2,3)7/h1-5H,6-7H2;4-6H2,1-3H3;4H2,1-3H3. The number of halogens is 1. The lowest BCUT2D eigenvalue weighted by molar-refractivity contribution is -0.141. The number of Topliss-reactive ketones (excluding diaryl/α,β-unsaturated/α-hetero) is 1. The number of carbonyl (C=O) groups excluding carboxylic acids is 2. The molecule has 0 aromatic heterocycles. The summed E-state index contributed by atoms with van der Waals surface area (Å²) in [5.41, 5.74) is 1.01. The van der Waals surface area contributed by atoms with Gasteiger partial charge in [-0.05, 0) is 46.6 Å². The Labute approximate surface area is 190 Å². The highest BCUT2D eigenvalue weighted by atomic mass is 79.9. The zero-order chi connectivity index (χ0) is 23.4. The second-order valence-corrected chi connectivity index (χ2v) is 11.4. The van der Waals surface area contributed by atoms with Gasteiger partial charge in [-0.3, -0.25) is 9.59 Å². The molecule has 1 aromatic carbocycles. The monoisotopic (exact) mass is 528 g/mol. The van der Waals surface area contributed by atoms with Crippen LogP contribution < -0.4 is 0 Å². The van der Waals surface area contributed by atoms with Gasteiger partial charge >= 0.3 is 14.6 Å². The molecule has 0 spiro atoms. The topological polar surface area (TPSA) is 88.1 Å². The van der Waals surface area contributed by atoms with Gasteiger partial charge in [0.25, 0.3) is 0 Å². The largest absolute Gasteiger partial charge is 0.460 e. The first-order chi connectivity index (χ1) is 14.1. The van der Waals surface area contributed by atoms with Crippen molar-refractivity contribution in [3.63, 3.8) is 0 Å². The average Bonchev–Trinajstić information content (AvgIpc) is 2.66. The third-order valence-electron chi connectivity index (χ3n) is 2.66. The lowest BCUT2D eigenvalue weighted by Crippen LogP contribution is -2.04. The Hall–Kier alpha value is -0.620. The van der Waals surface area contributed by atoms with E-state index in [1.165, 1.54) is 6.92 Å². The minimum Gasteiger partial charge on any atom is -0.460 e. The highest BCUT2D eigenvalue weighted by molar-refractivity contribution is 9.09. The van der Waals surface area contributed by atoms with Gasteiger partial charge in [0.15, 0.2) is 0 Å². The number of carbonyl (C=O) groups is 2. The van der Waals surface area contributed by atoms with Crippen molar-refractivity contribution in [1.82, 2.24) is 0 Å². The van der Waals surface area contributed by atoms with Gasteiger partial charge in [0, 0.05) is 0 Å². The summed E-state index contributed by atoms with van der Waals surface area (Å²) in [4.78, 5) is 21.0. The SMILES string of the molecule is CC(=O)CP(C)(C)=O.CCOP(OCC)OCC.O=C(CBr)OCc1ccccc1. The van der Waals surface area contributed by atoms with E-state index in [0.29, 0.717) is 26.4 Å². The van der Waals surface area contributed by atoms with Gasteiger partial charge in [-0.25, -0.2) is 0 Å². The van der Waals surface area contributed by atoms with Crippen LogP contribution in [0, 0.1) is 0 Å². The predicted octanol–water partition coefficient (Wildman–Crippen LogP) is 5.65. The molecule has 174 valence electrons. The van der Waals surface area contributed by atoms with Gasteiger partial charge in [0.1, 0.15) is 17.7 Å². The van der Waals surface area contributed by atoms with Crippen LogP contribution in [0.1, 0.15) is 33.3 Å². The summed E-state index contributed by atoms with van der Waals surface area (Å²) in [5, 5.41) is 0.250. The van der Waals surface area contributed by atoms with Crippen LogP contribution in [0.5, 0.6) is 0 Å². The number of alkyl halides is 1. The van der Waals surface area contributed by atoms with Crippen molar-refractivity contribution < 1.29 is 32.5 Å². The summed E-state index contributed by atoms with van der Waals surface area (Å²) >= 11 is 3.01. The van der Waals surface area contributed by atoms with Gasteiger partial charge in [-0.2, -0.15) is 0 Å². The number of hydrogen-bond acceptors (Lipinski definition) is 7. The number of ketones is 1. The lowest BCUT2D eigenvalue weighted by Gasteiger charge is -2.12. The maximum atomic E-state index is 10.8. The highest BCUT2D eigenvalue weighted by Crippen LogP contribution is 2.38. The van der Waals surface area contributed by atoms with Crippen molar-refractivity contribution in [2.45, 2.75) is 34.3 Å². The molecule has 0 radical (unpaired) electrons. The first-order valence-electron chi connectivity index (χ1n) is 9.57. The van der Waals surface area contributed by atoms with Crippen LogP contribution in [0.4, 0.5) is 0 Å². The Kier molecular flexibility index (Phi) is 21.4. The number of benzene rings is 1. The third-order valence-corrected chi connectivity index (χ3v) is 5.73. The van der Waals surface area contributed by atoms with Crippen molar-refractivity contribution in [1.29, 1.82) is 0 Å². The third kappa shape index (κ3) is 23.7. The summed E-state index contributed by atoms with van der Waals surface area (Å²) in [6.07, 6.45) is 0.243. The van der Waals surface area contributed by atoms with Crippen LogP contribution in [0.3, 0.4) is 0 Å². The minimum atomic E-state index is -2.07. The molecule has 0 aliphatic heterocycles. The normalized spacial score (nSPS) is 10.4. The molecule has 0 aliphatic carbocycles. The van der Waals surface area contributed by atoms with Crippen molar-refractivity contribution in [3.05, 3.63) is 35.9 Å². The summed E-state index contributed by atoms with van der Waals surface area (Å²) in [5.74, 6) is -0.225. The van der Waals surface area contributed by atoms with Crippen LogP contribution in [0.15, 0.2) is 30.3 Å². The van der Waals surface area contributed by atoms with Crippen molar-refractivity contribution in [3.8, 4) is 0 Å². The Morgan fingerprint density at radius 3 is 1.73 bits per heavy atom. The second-order valence-electron chi connectivity index (χ2n) is 6.19. The summed E-state index contributed by atoms with van der Waals surface area (Å²) in [6.45, 7) is 12.8. The Morgan fingerprint density at radius 1 is 0.967 bits per heavy atom. The van der Waals surface area contributed by atoms with Crippen LogP contribution in [0.2, 0.25) is 0 Å². The molecular formula is C20H35BrO7P2. The molecule has 0 amide bonds. The number of ether oxygens (including phenoxy) is 1. The van der Waals surface area contributed by atoms with E-state index >= 15 is 0 Å². The molecule has 30 heavy (non-hydrogen) atoms. The Balaban J connectivity index is 0. The van der Waals surface area contributed by atoms with E-state index in [9.17, 15) is 14.2 Å². The number of rotatable bonds is 11. The molecule has 0 unspecified atom stereocenters. The minimum absolute atomic E-state index is 0.0123. The Bertz CT molecular complexity index is 594. The van der Waals surface area contributed by atoms with E-state index in [1.54, 1.807) is 13.3 Å². The maximum Gasteiger partial charge on any atom is 0.332 e. The molecule has 1 rings (SSSR count). The molecule has 0 saturated carbocycles. The zero-order valence-corrected chi connectivity index (χ0v) is 22.1. The number of esters is 1. The first-order valence-corrected chi connectivity index (χ1v) is 14.6. The second kappa shape index (κ2) is 20.3. The molecule has 0 saturated heterocycles. The molecule has 0 N–H and O–H groups in total. The fourth-order valence-corrected chi connectivity index (χ4v) is 3.83. The first kappa shape index (κ1) is 31.6. The van der Waals surface area contributed by atoms with Crippen molar-refractivity contribution in [2.24, 2.45) is 0 Å². The van der Waals surface area contributed by atoms with E-state index in [2.05, 4.69) is 15.9 Å². The fourth-order valence-electron chi connectivity index (χ4n) is 1.74. The van der Waals surface area contributed by atoms with E-state index in [0.717, 1.165) is 5.56 Å². The van der Waals surface area contributed by atoms with Crippen LogP contribution in [0.25, 0.3) is 0 Å². The highest BCUT2D eigenvalue weighted by Gasteiger charge is 2.09. The van der Waals surface area contributed by atoms with E-state index in [4.69, 9.17) is 18.3 Å². The molecular weight excluding hydrogens is 494 g/mol. The fraction of sp³-hybridized carbons (Fsp3) is 0.600. The average molecular weight is 529 g/mol. The molecule has 0 aliphatic rings. The van der Waals surface area contributed by atoms with E-state index < -0.39 is 15.7 Å². The summed E-state index contributed by atoms with van der Waals surface area (Å²) in [7, 11) is -3.13. The predicted molar refractivity (Wildman–Crippen MR) is 127 cm³/mol. The molecule has 0 heterocycles. The molecule has 0 atom stereocenters. The van der Waals surface area contributed by atoms with Gasteiger partial charge in [0.05, 0.1) is 33.1 Å². The Morgan fingerprint density at radius 2 is 1.43 bits per heavy atom. The van der Waals surface area contributed by atoms with Gasteiger partial charge < -0.3 is 22.9 Å². The van der Waals surface area contributed by atoms with Crippen LogP contribution in [-0.2, 0) is 39.1 Å². The molecule has 10 heteroatoms. The quantitative estimate of drug-likeness (QED) is 0.208. The van der Waals surface area contributed by atoms with Crippen molar-refractivity contribution in [2.75, 3.05) is 44.6 Å². The molecule has 0 bridgehead atoms. The van der Waals surface area contributed by atoms with Gasteiger partial charge in [0.2, 0.25) is 0 Å². The smallest absolute Gasteiger partial charge is 0.332 e. The van der Waals surface area contributed by atoms with Gasteiger partial charge in [-0.1, -0.05) is 46.3 Å². The van der Waals surface area contributed by atoms with E-state index in [1.807, 2.05) is 51.1 Å². The van der Waals surface area contributed by atoms with Crippen LogP contribution >= 0.6 is 31.7 Å². The summed E-state index contributed by atoms with van der Waals surface area (Å²) < 4.78 is 31.1. The molecule has 0 fully saturated rings. The zero-order valence-electron chi connectivity index (χ0n) is 18.8. The lowest BCUT2D eigenvalue weighted by atomic mass is 10.2. The van der Waals surface area contributed by atoms with Crippen LogP contribution in [-0.4, -0.2) is 56.4 Å². The van der Waals surface area contributed by atoms with E-state index in [-0.39, 0.29) is 23.2 Å². The summed E-state index contributed by atoms with van der Waals surface area (Å²) in [6, 6.07) is 9.59.